The topological polar surface area (TPSA) is 66.8 Å². The minimum Gasteiger partial charge on any atom is -0.490 e. The lowest BCUT2D eigenvalue weighted by Gasteiger charge is -2.28. The Labute approximate surface area is 149 Å². The van der Waals surface area contributed by atoms with Crippen LogP contribution in [-0.2, 0) is 4.79 Å². The van der Waals surface area contributed by atoms with Crippen LogP contribution < -0.4 is 4.74 Å². The van der Waals surface area contributed by atoms with Crippen molar-refractivity contribution in [1.82, 2.24) is 4.90 Å². The Balaban J connectivity index is 2.11. The fourth-order valence-electron chi connectivity index (χ4n) is 3.11. The number of carbonyl (C=O) groups excluding carboxylic acids is 1. The molecule has 136 valence electrons. The number of rotatable bonds is 6. The number of amides is 1. The molecule has 0 bridgehead atoms. The molecule has 1 heterocycles. The number of carbonyl (C=O) groups is 2. The summed E-state index contributed by atoms with van der Waals surface area (Å²) in [6, 6.07) is 7.06. The standard InChI is InChI=1S/C20H27NO4/c1-14(2)8-11-25-17-7-5-6-16(12-17)18(22)21-10-9-20(13-21,15(3)4)19(23)24/h5-8,12,15H,9-11,13H2,1-4H3,(H,23,24). The molecule has 25 heavy (non-hydrogen) atoms. The van der Waals surface area contributed by atoms with Crippen LogP contribution in [0.3, 0.4) is 0 Å². The molecule has 1 saturated heterocycles. The van der Waals surface area contributed by atoms with Gasteiger partial charge in [-0.3, -0.25) is 9.59 Å². The van der Waals surface area contributed by atoms with Crippen LogP contribution >= 0.6 is 0 Å². The zero-order valence-corrected chi connectivity index (χ0v) is 15.4. The van der Waals surface area contributed by atoms with Crippen LogP contribution in [0.15, 0.2) is 35.9 Å². The average Bonchev–Trinajstić information content (AvgIpc) is 3.01. The van der Waals surface area contributed by atoms with Gasteiger partial charge in [0.15, 0.2) is 0 Å². The molecule has 1 N–H and O–H groups in total. The van der Waals surface area contributed by atoms with Crippen molar-refractivity contribution in [2.45, 2.75) is 34.1 Å². The fourth-order valence-corrected chi connectivity index (χ4v) is 3.11. The third-order valence-electron chi connectivity index (χ3n) is 4.94. The Bertz CT molecular complexity index is 676. The van der Waals surface area contributed by atoms with Gasteiger partial charge in [-0.05, 0) is 50.5 Å². The number of hydrogen-bond acceptors (Lipinski definition) is 3. The molecular weight excluding hydrogens is 318 g/mol. The molecule has 1 aliphatic heterocycles. The van der Waals surface area contributed by atoms with Crippen molar-refractivity contribution >= 4 is 11.9 Å². The van der Waals surface area contributed by atoms with Gasteiger partial charge in [-0.2, -0.15) is 0 Å². The Hall–Kier alpha value is -2.30. The van der Waals surface area contributed by atoms with Crippen LogP contribution in [0.4, 0.5) is 0 Å². The first-order valence-corrected chi connectivity index (χ1v) is 8.65. The highest BCUT2D eigenvalue weighted by Gasteiger charge is 2.48. The average molecular weight is 345 g/mol. The number of nitrogens with zero attached hydrogens (tertiary/aromatic N) is 1. The number of carboxylic acids is 1. The zero-order chi connectivity index (χ0) is 18.6. The molecule has 1 fully saturated rings. The van der Waals surface area contributed by atoms with E-state index in [0.717, 1.165) is 0 Å². The van der Waals surface area contributed by atoms with Gasteiger partial charge in [0.1, 0.15) is 12.4 Å². The summed E-state index contributed by atoms with van der Waals surface area (Å²) in [7, 11) is 0. The lowest BCUT2D eigenvalue weighted by atomic mass is 9.76. The maximum absolute atomic E-state index is 12.8. The van der Waals surface area contributed by atoms with Gasteiger partial charge in [0, 0.05) is 18.7 Å². The smallest absolute Gasteiger partial charge is 0.311 e. The fraction of sp³-hybridized carbons (Fsp3) is 0.500. The van der Waals surface area contributed by atoms with Crippen molar-refractivity contribution < 1.29 is 19.4 Å². The van der Waals surface area contributed by atoms with E-state index < -0.39 is 11.4 Å². The second kappa shape index (κ2) is 7.72. The van der Waals surface area contributed by atoms with Gasteiger partial charge < -0.3 is 14.7 Å². The summed E-state index contributed by atoms with van der Waals surface area (Å²) in [5, 5.41) is 9.63. The molecule has 1 aromatic rings. The van der Waals surface area contributed by atoms with Crippen LogP contribution in [0, 0.1) is 11.3 Å². The number of benzene rings is 1. The number of carboxylic acid groups (broad SMARTS) is 1. The number of allylic oxidation sites excluding steroid dienone is 1. The van der Waals surface area contributed by atoms with Gasteiger partial charge in [0.2, 0.25) is 0 Å². The van der Waals surface area contributed by atoms with E-state index in [-0.39, 0.29) is 18.4 Å². The van der Waals surface area contributed by atoms with Gasteiger partial charge >= 0.3 is 5.97 Å². The molecule has 0 aromatic heterocycles. The first-order chi connectivity index (χ1) is 11.8. The summed E-state index contributed by atoms with van der Waals surface area (Å²) >= 11 is 0. The maximum Gasteiger partial charge on any atom is 0.311 e. The lowest BCUT2D eigenvalue weighted by molar-refractivity contribution is -0.150. The van der Waals surface area contributed by atoms with Crippen molar-refractivity contribution in [3.8, 4) is 5.75 Å². The molecule has 1 unspecified atom stereocenters. The Morgan fingerprint density at radius 1 is 1.36 bits per heavy atom. The molecule has 5 nitrogen and oxygen atoms in total. The van der Waals surface area contributed by atoms with Gasteiger partial charge in [0.25, 0.3) is 5.91 Å². The molecule has 1 atom stereocenters. The number of likely N-dealkylation sites (tertiary alicyclic amines) is 1. The van der Waals surface area contributed by atoms with Crippen molar-refractivity contribution in [1.29, 1.82) is 0 Å². The quantitative estimate of drug-likeness (QED) is 0.800. The summed E-state index contributed by atoms with van der Waals surface area (Å²) in [5.41, 5.74) is 0.843. The van der Waals surface area contributed by atoms with E-state index in [1.165, 1.54) is 5.57 Å². The summed E-state index contributed by atoms with van der Waals surface area (Å²) in [5.74, 6) is -0.356. The largest absolute Gasteiger partial charge is 0.490 e. The summed E-state index contributed by atoms with van der Waals surface area (Å²) in [4.78, 5) is 26.2. The van der Waals surface area contributed by atoms with Crippen molar-refractivity contribution in [3.05, 3.63) is 41.5 Å². The SMILES string of the molecule is CC(C)=CCOc1cccc(C(=O)N2CCC(C(=O)O)(C(C)C)C2)c1. The van der Waals surface area contributed by atoms with E-state index in [1.54, 1.807) is 23.1 Å². The second-order valence-electron chi connectivity index (χ2n) is 7.21. The summed E-state index contributed by atoms with van der Waals surface area (Å²) in [6.45, 7) is 8.98. The van der Waals surface area contributed by atoms with Crippen LogP contribution in [0.1, 0.15) is 44.5 Å². The first kappa shape index (κ1) is 19.0. The molecule has 5 heteroatoms. The zero-order valence-electron chi connectivity index (χ0n) is 15.4. The van der Waals surface area contributed by atoms with Crippen molar-refractivity contribution in [2.24, 2.45) is 11.3 Å². The minimum absolute atomic E-state index is 0.0264. The predicted molar refractivity (Wildman–Crippen MR) is 96.8 cm³/mol. The predicted octanol–water partition coefficient (Wildman–Crippen LogP) is 3.60. The first-order valence-electron chi connectivity index (χ1n) is 8.65. The summed E-state index contributed by atoms with van der Waals surface area (Å²) < 4.78 is 5.65. The van der Waals surface area contributed by atoms with Gasteiger partial charge in [-0.1, -0.05) is 25.5 Å². The number of ether oxygens (including phenoxy) is 1. The normalized spacial score (nSPS) is 19.8. The molecule has 2 rings (SSSR count). The third-order valence-corrected chi connectivity index (χ3v) is 4.94. The van der Waals surface area contributed by atoms with E-state index in [0.29, 0.717) is 30.9 Å². The Morgan fingerprint density at radius 3 is 2.64 bits per heavy atom. The highest BCUT2D eigenvalue weighted by atomic mass is 16.5. The van der Waals surface area contributed by atoms with Crippen molar-refractivity contribution in [3.63, 3.8) is 0 Å². The Kier molecular flexibility index (Phi) is 5.88. The molecular formula is C20H27NO4. The van der Waals surface area contributed by atoms with Crippen LogP contribution in [0.5, 0.6) is 5.75 Å². The van der Waals surface area contributed by atoms with Crippen LogP contribution in [0.25, 0.3) is 0 Å². The van der Waals surface area contributed by atoms with E-state index in [4.69, 9.17) is 4.74 Å². The van der Waals surface area contributed by atoms with Gasteiger partial charge in [0.05, 0.1) is 5.41 Å². The molecule has 0 spiro atoms. The summed E-state index contributed by atoms with van der Waals surface area (Å²) in [6.07, 6.45) is 2.46. The molecule has 1 aromatic carbocycles. The minimum atomic E-state index is -0.854. The molecule has 1 amide bonds. The maximum atomic E-state index is 12.8. The van der Waals surface area contributed by atoms with E-state index in [9.17, 15) is 14.7 Å². The van der Waals surface area contributed by atoms with E-state index in [1.807, 2.05) is 39.8 Å². The highest BCUT2D eigenvalue weighted by molar-refractivity contribution is 5.95. The second-order valence-corrected chi connectivity index (χ2v) is 7.21. The van der Waals surface area contributed by atoms with Gasteiger partial charge in [-0.25, -0.2) is 0 Å². The molecule has 1 aliphatic rings. The highest BCUT2D eigenvalue weighted by Crippen LogP contribution is 2.38. The Morgan fingerprint density at radius 2 is 2.08 bits per heavy atom. The third kappa shape index (κ3) is 4.21. The lowest BCUT2D eigenvalue weighted by Crippen LogP contribution is -2.40. The van der Waals surface area contributed by atoms with Gasteiger partial charge in [-0.15, -0.1) is 0 Å². The molecule has 0 aliphatic carbocycles. The van der Waals surface area contributed by atoms with Crippen LogP contribution in [-0.4, -0.2) is 41.6 Å². The van der Waals surface area contributed by atoms with E-state index in [2.05, 4.69) is 0 Å². The number of aliphatic carboxylic acids is 1. The molecule has 0 radical (unpaired) electrons. The van der Waals surface area contributed by atoms with E-state index >= 15 is 0 Å². The molecule has 0 saturated carbocycles. The van der Waals surface area contributed by atoms with Crippen LogP contribution in [0.2, 0.25) is 0 Å². The van der Waals surface area contributed by atoms with Crippen molar-refractivity contribution in [2.75, 3.05) is 19.7 Å². The number of hydrogen-bond donors (Lipinski definition) is 1. The monoisotopic (exact) mass is 345 g/mol.